The number of benzene rings is 2. The Labute approximate surface area is 165 Å². The van der Waals surface area contributed by atoms with Gasteiger partial charge in [-0.15, -0.1) is 11.3 Å². The summed E-state index contributed by atoms with van der Waals surface area (Å²) in [7, 11) is 3.17. The van der Waals surface area contributed by atoms with Crippen molar-refractivity contribution >= 4 is 34.3 Å². The van der Waals surface area contributed by atoms with Crippen molar-refractivity contribution in [2.45, 2.75) is 0 Å². The quantitative estimate of drug-likeness (QED) is 0.475. The van der Waals surface area contributed by atoms with Crippen molar-refractivity contribution in [3.63, 3.8) is 0 Å². The average molecular weight is 399 g/mol. The Morgan fingerprint density at radius 3 is 2.56 bits per heavy atom. The molecule has 1 aromatic heterocycles. The maximum absolute atomic E-state index is 9.42. The van der Waals surface area contributed by atoms with E-state index in [9.17, 15) is 5.26 Å². The van der Waals surface area contributed by atoms with Crippen LogP contribution in [0, 0.1) is 11.3 Å². The van der Waals surface area contributed by atoms with E-state index in [1.54, 1.807) is 38.5 Å². The van der Waals surface area contributed by atoms with Gasteiger partial charge in [-0.3, -0.25) is 5.43 Å². The number of methoxy groups -OCH3 is 2. The molecule has 1 heterocycles. The number of anilines is 1. The average Bonchev–Trinajstić information content (AvgIpc) is 3.19. The summed E-state index contributed by atoms with van der Waals surface area (Å²) in [5.41, 5.74) is 5.35. The van der Waals surface area contributed by atoms with E-state index in [1.165, 1.54) is 11.3 Å². The first kappa shape index (κ1) is 18.7. The molecule has 0 bridgehead atoms. The van der Waals surface area contributed by atoms with Gasteiger partial charge in [0.25, 0.3) is 0 Å². The maximum atomic E-state index is 9.42. The summed E-state index contributed by atoms with van der Waals surface area (Å²) < 4.78 is 10.6. The second-order valence-electron chi connectivity index (χ2n) is 5.30. The van der Waals surface area contributed by atoms with E-state index in [0.717, 1.165) is 16.9 Å². The van der Waals surface area contributed by atoms with Crippen LogP contribution in [0.15, 0.2) is 52.9 Å². The van der Waals surface area contributed by atoms with E-state index in [0.29, 0.717) is 21.5 Å². The van der Waals surface area contributed by atoms with E-state index >= 15 is 0 Å². The Kier molecular flexibility index (Phi) is 5.91. The van der Waals surface area contributed by atoms with Crippen LogP contribution < -0.4 is 14.9 Å². The summed E-state index contributed by atoms with van der Waals surface area (Å²) in [6, 6.07) is 14.6. The fourth-order valence-electron chi connectivity index (χ4n) is 2.28. The Morgan fingerprint density at radius 2 is 1.89 bits per heavy atom. The highest BCUT2D eigenvalue weighted by Crippen LogP contribution is 2.32. The molecule has 0 amide bonds. The molecule has 1 N–H and O–H groups in total. The van der Waals surface area contributed by atoms with Gasteiger partial charge < -0.3 is 9.47 Å². The Balaban J connectivity index is 1.84. The maximum Gasteiger partial charge on any atom is 0.196 e. The molecule has 0 aliphatic heterocycles. The van der Waals surface area contributed by atoms with Gasteiger partial charge in [0.15, 0.2) is 22.2 Å². The largest absolute Gasteiger partial charge is 0.493 e. The van der Waals surface area contributed by atoms with Gasteiger partial charge in [0, 0.05) is 16.0 Å². The van der Waals surface area contributed by atoms with Crippen molar-refractivity contribution in [1.82, 2.24) is 4.98 Å². The van der Waals surface area contributed by atoms with Gasteiger partial charge >= 0.3 is 0 Å². The van der Waals surface area contributed by atoms with Gasteiger partial charge in [-0.2, -0.15) is 10.4 Å². The van der Waals surface area contributed by atoms with Gasteiger partial charge in [-0.1, -0.05) is 11.6 Å². The van der Waals surface area contributed by atoms with Crippen molar-refractivity contribution in [2.75, 3.05) is 19.6 Å². The van der Waals surface area contributed by atoms with Crippen molar-refractivity contribution in [3.8, 4) is 28.8 Å². The molecule has 2 aromatic carbocycles. The number of aromatic nitrogens is 1. The third-order valence-electron chi connectivity index (χ3n) is 3.63. The molecular weight excluding hydrogens is 384 g/mol. The topological polar surface area (TPSA) is 79.5 Å². The standard InChI is InChI=1S/C19H15ClN4O2S/c1-25-17-8-3-12(9-18(17)26-2)16-11-27-19(22-16)15(10-21)24-23-14-6-4-13(20)5-7-14/h3-9,11,23H,1-2H3/b24-15+. The molecule has 0 radical (unpaired) electrons. The van der Waals surface area contributed by atoms with Crippen LogP contribution >= 0.6 is 22.9 Å². The molecule has 0 fully saturated rings. The zero-order valence-corrected chi connectivity index (χ0v) is 16.1. The van der Waals surface area contributed by atoms with E-state index < -0.39 is 0 Å². The van der Waals surface area contributed by atoms with Crippen molar-refractivity contribution < 1.29 is 9.47 Å². The highest BCUT2D eigenvalue weighted by molar-refractivity contribution is 7.12. The second kappa shape index (κ2) is 8.54. The fraction of sp³-hybridized carbons (Fsp3) is 0.105. The van der Waals surface area contributed by atoms with Crippen LogP contribution in [-0.4, -0.2) is 24.9 Å². The first-order valence-electron chi connectivity index (χ1n) is 7.82. The van der Waals surface area contributed by atoms with Crippen LogP contribution in [0.3, 0.4) is 0 Å². The zero-order chi connectivity index (χ0) is 19.2. The first-order chi connectivity index (χ1) is 13.1. The number of hydrogen-bond donors (Lipinski definition) is 1. The Hall–Kier alpha value is -3.08. The molecule has 0 atom stereocenters. The Morgan fingerprint density at radius 1 is 1.15 bits per heavy atom. The van der Waals surface area contributed by atoms with E-state index in [1.807, 2.05) is 23.6 Å². The number of thiazole rings is 1. The zero-order valence-electron chi connectivity index (χ0n) is 14.6. The van der Waals surface area contributed by atoms with Crippen LogP contribution in [0.5, 0.6) is 11.5 Å². The monoisotopic (exact) mass is 398 g/mol. The smallest absolute Gasteiger partial charge is 0.196 e. The number of nitrogens with zero attached hydrogens (tertiary/aromatic N) is 3. The molecule has 0 saturated heterocycles. The molecule has 0 aliphatic rings. The van der Waals surface area contributed by atoms with Gasteiger partial charge in [-0.05, 0) is 42.5 Å². The van der Waals surface area contributed by atoms with Crippen LogP contribution in [0.25, 0.3) is 11.3 Å². The normalized spacial score (nSPS) is 11.0. The number of hydrogen-bond acceptors (Lipinski definition) is 7. The number of halogens is 1. The Bertz CT molecular complexity index is 1010. The molecule has 0 aliphatic carbocycles. The fourth-order valence-corrected chi connectivity index (χ4v) is 3.17. The van der Waals surface area contributed by atoms with Crippen LogP contribution in [0.4, 0.5) is 5.69 Å². The van der Waals surface area contributed by atoms with Crippen LogP contribution in [0.1, 0.15) is 5.01 Å². The first-order valence-corrected chi connectivity index (χ1v) is 9.08. The van der Waals surface area contributed by atoms with Gasteiger partial charge in [0.05, 0.1) is 25.6 Å². The van der Waals surface area contributed by atoms with Crippen molar-refractivity contribution in [1.29, 1.82) is 5.26 Å². The molecule has 0 saturated carbocycles. The molecule has 3 rings (SSSR count). The minimum Gasteiger partial charge on any atom is -0.493 e. The van der Waals surface area contributed by atoms with Crippen LogP contribution in [-0.2, 0) is 0 Å². The lowest BCUT2D eigenvalue weighted by molar-refractivity contribution is 0.355. The highest BCUT2D eigenvalue weighted by atomic mass is 35.5. The minimum atomic E-state index is 0.196. The summed E-state index contributed by atoms with van der Waals surface area (Å²) in [4.78, 5) is 4.52. The third-order valence-corrected chi connectivity index (χ3v) is 4.73. The number of ether oxygens (including phenoxy) is 2. The van der Waals surface area contributed by atoms with Crippen LogP contribution in [0.2, 0.25) is 5.02 Å². The van der Waals surface area contributed by atoms with Gasteiger partial charge in [-0.25, -0.2) is 4.98 Å². The van der Waals surface area contributed by atoms with Gasteiger partial charge in [0.2, 0.25) is 0 Å². The number of rotatable bonds is 6. The molecule has 3 aromatic rings. The lowest BCUT2D eigenvalue weighted by Crippen LogP contribution is -2.01. The molecule has 136 valence electrons. The van der Waals surface area contributed by atoms with E-state index in [4.69, 9.17) is 21.1 Å². The summed E-state index contributed by atoms with van der Waals surface area (Å²) in [6.45, 7) is 0. The predicted molar refractivity (Wildman–Crippen MR) is 108 cm³/mol. The lowest BCUT2D eigenvalue weighted by Gasteiger charge is -2.08. The molecule has 0 unspecified atom stereocenters. The summed E-state index contributed by atoms with van der Waals surface area (Å²) in [6.07, 6.45) is 0. The number of nitrogens with one attached hydrogen (secondary N) is 1. The molecule has 8 heteroatoms. The minimum absolute atomic E-state index is 0.196. The van der Waals surface area contributed by atoms with E-state index in [2.05, 4.69) is 21.6 Å². The third kappa shape index (κ3) is 4.37. The summed E-state index contributed by atoms with van der Waals surface area (Å²) >= 11 is 7.20. The molecule has 6 nitrogen and oxygen atoms in total. The van der Waals surface area contributed by atoms with Crippen molar-refractivity contribution in [3.05, 3.63) is 57.9 Å². The number of hydrazone groups is 1. The highest BCUT2D eigenvalue weighted by Gasteiger charge is 2.12. The number of nitriles is 1. The van der Waals surface area contributed by atoms with E-state index in [-0.39, 0.29) is 5.71 Å². The van der Waals surface area contributed by atoms with Gasteiger partial charge in [0.1, 0.15) is 6.07 Å². The van der Waals surface area contributed by atoms with Crippen molar-refractivity contribution in [2.24, 2.45) is 5.10 Å². The summed E-state index contributed by atoms with van der Waals surface area (Å²) in [5.74, 6) is 1.26. The molecule has 0 spiro atoms. The molecule has 27 heavy (non-hydrogen) atoms. The SMILES string of the molecule is COc1ccc(-c2csc(/C(C#N)=N/Nc3ccc(Cl)cc3)n2)cc1OC. The second-order valence-corrected chi connectivity index (χ2v) is 6.59. The lowest BCUT2D eigenvalue weighted by atomic mass is 10.1. The predicted octanol–water partition coefficient (Wildman–Crippen LogP) is 4.82. The molecular formula is C19H15ClN4O2S. The summed E-state index contributed by atoms with van der Waals surface area (Å²) in [5, 5.41) is 16.6.